The van der Waals surface area contributed by atoms with Crippen molar-refractivity contribution < 1.29 is 4.74 Å². The minimum Gasteiger partial charge on any atom is -0.490 e. The van der Waals surface area contributed by atoms with Crippen molar-refractivity contribution in [1.29, 1.82) is 0 Å². The molecule has 2 fully saturated rings. The van der Waals surface area contributed by atoms with Crippen LogP contribution < -0.4 is 10.1 Å². The normalized spacial score (nSPS) is 25.2. The molecule has 0 aromatic heterocycles. The molecule has 1 saturated carbocycles. The van der Waals surface area contributed by atoms with Gasteiger partial charge in [-0.15, -0.1) is 0 Å². The Hall–Kier alpha value is -1.02. The summed E-state index contributed by atoms with van der Waals surface area (Å²) in [6.07, 6.45) is 9.48. The molecular weight excluding hydrogens is 222 g/mol. The largest absolute Gasteiger partial charge is 0.490 e. The van der Waals surface area contributed by atoms with Crippen LogP contribution in [-0.2, 0) is 0 Å². The average molecular weight is 245 g/mol. The maximum Gasteiger partial charge on any atom is 0.120 e. The van der Waals surface area contributed by atoms with Crippen molar-refractivity contribution in [3.05, 3.63) is 29.8 Å². The lowest BCUT2D eigenvalue weighted by Gasteiger charge is -2.24. The fraction of sp³-hybridized carbons (Fsp3) is 0.625. The highest BCUT2D eigenvalue weighted by atomic mass is 16.5. The zero-order valence-corrected chi connectivity index (χ0v) is 11.0. The third-order valence-electron chi connectivity index (χ3n) is 4.18. The fourth-order valence-corrected chi connectivity index (χ4v) is 3.14. The summed E-state index contributed by atoms with van der Waals surface area (Å²) in [6, 6.07) is 9.23. The molecule has 0 amide bonds. The Kier molecular flexibility index (Phi) is 3.84. The summed E-state index contributed by atoms with van der Waals surface area (Å²) in [5.74, 6) is 1.06. The van der Waals surface area contributed by atoms with E-state index in [9.17, 15) is 0 Å². The topological polar surface area (TPSA) is 21.3 Å². The Morgan fingerprint density at radius 3 is 2.61 bits per heavy atom. The van der Waals surface area contributed by atoms with Crippen molar-refractivity contribution in [2.45, 2.75) is 57.1 Å². The number of hydrogen-bond acceptors (Lipinski definition) is 2. The van der Waals surface area contributed by atoms with E-state index in [2.05, 4.69) is 29.6 Å². The minimum atomic E-state index is 0.458. The van der Waals surface area contributed by atoms with Crippen LogP contribution in [0.5, 0.6) is 5.75 Å². The lowest BCUT2D eigenvalue weighted by atomic mass is 9.97. The van der Waals surface area contributed by atoms with E-state index in [1.165, 1.54) is 50.5 Å². The van der Waals surface area contributed by atoms with Crippen LogP contribution in [0.15, 0.2) is 24.3 Å². The molecule has 2 nitrogen and oxygen atoms in total. The van der Waals surface area contributed by atoms with E-state index in [0.717, 1.165) is 12.3 Å². The van der Waals surface area contributed by atoms with Crippen LogP contribution >= 0.6 is 0 Å². The lowest BCUT2D eigenvalue weighted by Crippen LogP contribution is -2.26. The second kappa shape index (κ2) is 5.75. The van der Waals surface area contributed by atoms with Gasteiger partial charge in [-0.25, -0.2) is 0 Å². The van der Waals surface area contributed by atoms with Gasteiger partial charge >= 0.3 is 0 Å². The molecule has 1 heterocycles. The maximum absolute atomic E-state index is 6.08. The second-order valence-electron chi connectivity index (χ2n) is 5.60. The van der Waals surface area contributed by atoms with Gasteiger partial charge in [0.2, 0.25) is 0 Å². The molecule has 98 valence electrons. The fourth-order valence-electron chi connectivity index (χ4n) is 3.14. The van der Waals surface area contributed by atoms with Gasteiger partial charge in [-0.2, -0.15) is 0 Å². The standard InChI is InChI=1S/C16H23NO/c1-2-8-14(7-1)18-15-9-5-6-13(12-15)16-10-3-4-11-17-16/h5-6,9,12,14,16-17H,1-4,7-8,10-11H2. The Bertz CT molecular complexity index is 378. The van der Waals surface area contributed by atoms with Crippen molar-refractivity contribution in [1.82, 2.24) is 5.32 Å². The summed E-state index contributed by atoms with van der Waals surface area (Å²) in [5, 5.41) is 3.60. The zero-order valence-electron chi connectivity index (χ0n) is 11.0. The summed E-state index contributed by atoms with van der Waals surface area (Å²) >= 11 is 0. The summed E-state index contributed by atoms with van der Waals surface area (Å²) in [7, 11) is 0. The molecule has 0 bridgehead atoms. The van der Waals surface area contributed by atoms with Gasteiger partial charge in [0.15, 0.2) is 0 Å². The molecule has 1 unspecified atom stereocenters. The second-order valence-corrected chi connectivity index (χ2v) is 5.60. The predicted octanol–water partition coefficient (Wildman–Crippen LogP) is 3.82. The van der Waals surface area contributed by atoms with Crippen LogP contribution in [0.3, 0.4) is 0 Å². The molecule has 18 heavy (non-hydrogen) atoms. The van der Waals surface area contributed by atoms with Crippen molar-refractivity contribution in [2.24, 2.45) is 0 Å². The average Bonchev–Trinajstić information content (AvgIpc) is 2.93. The zero-order chi connectivity index (χ0) is 12.2. The molecule has 3 rings (SSSR count). The smallest absolute Gasteiger partial charge is 0.120 e. The summed E-state index contributed by atoms with van der Waals surface area (Å²) < 4.78 is 6.08. The van der Waals surface area contributed by atoms with Crippen molar-refractivity contribution in [3.63, 3.8) is 0 Å². The predicted molar refractivity (Wildman–Crippen MR) is 73.9 cm³/mol. The molecule has 1 aromatic carbocycles. The lowest BCUT2D eigenvalue weighted by molar-refractivity contribution is 0.209. The highest BCUT2D eigenvalue weighted by molar-refractivity contribution is 5.31. The Labute approximate surface area is 110 Å². The van der Waals surface area contributed by atoms with Gasteiger partial charge in [0.05, 0.1) is 6.10 Å². The Balaban J connectivity index is 1.67. The van der Waals surface area contributed by atoms with Crippen molar-refractivity contribution in [2.75, 3.05) is 6.54 Å². The van der Waals surface area contributed by atoms with E-state index in [1.54, 1.807) is 0 Å². The van der Waals surface area contributed by atoms with Crippen LogP contribution in [0.1, 0.15) is 56.6 Å². The monoisotopic (exact) mass is 245 g/mol. The SMILES string of the molecule is c1cc(OC2CCCC2)cc(C2CCCCN2)c1. The first kappa shape index (κ1) is 12.0. The Morgan fingerprint density at radius 2 is 1.83 bits per heavy atom. The van der Waals surface area contributed by atoms with Crippen molar-refractivity contribution in [3.8, 4) is 5.75 Å². The molecule has 1 atom stereocenters. The summed E-state index contributed by atoms with van der Waals surface area (Å²) in [5.41, 5.74) is 1.39. The first-order valence-corrected chi connectivity index (χ1v) is 7.42. The van der Waals surface area contributed by atoms with Gasteiger partial charge < -0.3 is 10.1 Å². The van der Waals surface area contributed by atoms with Crippen LogP contribution in [0, 0.1) is 0 Å². The van der Waals surface area contributed by atoms with E-state index in [1.807, 2.05) is 0 Å². The molecule has 0 radical (unpaired) electrons. The molecular formula is C16H23NO. The van der Waals surface area contributed by atoms with E-state index in [0.29, 0.717) is 12.1 Å². The molecule has 1 aromatic rings. The molecule has 2 aliphatic rings. The maximum atomic E-state index is 6.08. The van der Waals surface area contributed by atoms with Gasteiger partial charge in [-0.1, -0.05) is 18.6 Å². The first-order chi connectivity index (χ1) is 8.92. The van der Waals surface area contributed by atoms with Gasteiger partial charge in [0.25, 0.3) is 0 Å². The van der Waals surface area contributed by atoms with Gasteiger partial charge in [0, 0.05) is 6.04 Å². The third kappa shape index (κ3) is 2.86. The number of piperidine rings is 1. The highest BCUT2D eigenvalue weighted by Crippen LogP contribution is 2.28. The van der Waals surface area contributed by atoms with Crippen LogP contribution in [-0.4, -0.2) is 12.6 Å². The number of ether oxygens (including phenoxy) is 1. The van der Waals surface area contributed by atoms with E-state index < -0.39 is 0 Å². The van der Waals surface area contributed by atoms with Crippen LogP contribution in [0.4, 0.5) is 0 Å². The molecule has 1 aliphatic carbocycles. The van der Waals surface area contributed by atoms with Gasteiger partial charge in [-0.05, 0) is 62.8 Å². The van der Waals surface area contributed by atoms with Crippen molar-refractivity contribution >= 4 is 0 Å². The summed E-state index contributed by atoms with van der Waals surface area (Å²) in [4.78, 5) is 0. The molecule has 2 heteroatoms. The quantitative estimate of drug-likeness (QED) is 0.874. The first-order valence-electron chi connectivity index (χ1n) is 7.42. The summed E-state index contributed by atoms with van der Waals surface area (Å²) in [6.45, 7) is 1.15. The Morgan fingerprint density at radius 1 is 1.00 bits per heavy atom. The number of benzene rings is 1. The van der Waals surface area contributed by atoms with Gasteiger partial charge in [-0.3, -0.25) is 0 Å². The van der Waals surface area contributed by atoms with Crippen LogP contribution in [0.2, 0.25) is 0 Å². The van der Waals surface area contributed by atoms with E-state index in [-0.39, 0.29) is 0 Å². The van der Waals surface area contributed by atoms with E-state index in [4.69, 9.17) is 4.74 Å². The van der Waals surface area contributed by atoms with Crippen LogP contribution in [0.25, 0.3) is 0 Å². The highest BCUT2D eigenvalue weighted by Gasteiger charge is 2.18. The number of hydrogen-bond donors (Lipinski definition) is 1. The van der Waals surface area contributed by atoms with Gasteiger partial charge in [0.1, 0.15) is 5.75 Å². The van der Waals surface area contributed by atoms with E-state index >= 15 is 0 Å². The minimum absolute atomic E-state index is 0.458. The third-order valence-corrected chi connectivity index (χ3v) is 4.18. The molecule has 0 spiro atoms. The molecule has 1 aliphatic heterocycles. The molecule has 1 N–H and O–H groups in total. The number of nitrogens with one attached hydrogen (secondary N) is 1. The molecule has 1 saturated heterocycles. The number of rotatable bonds is 3.